The van der Waals surface area contributed by atoms with Crippen molar-refractivity contribution in [1.29, 1.82) is 0 Å². The number of benzene rings is 2. The molecule has 0 bridgehead atoms. The molecule has 1 aliphatic heterocycles. The molecule has 4 rings (SSSR count). The minimum absolute atomic E-state index is 0.277. The maximum atomic E-state index is 13.5. The Bertz CT molecular complexity index is 1000. The molecule has 7 nitrogen and oxygen atoms in total. The first-order chi connectivity index (χ1) is 13.6. The topological polar surface area (TPSA) is 87.5 Å². The molecular formula is C21H20N4O3. The van der Waals surface area contributed by atoms with Crippen molar-refractivity contribution in [2.45, 2.75) is 25.7 Å². The highest BCUT2D eigenvalue weighted by Crippen LogP contribution is 2.34. The number of aliphatic carboxylic acids is 1. The van der Waals surface area contributed by atoms with Gasteiger partial charge in [0.2, 0.25) is 0 Å². The van der Waals surface area contributed by atoms with Crippen molar-refractivity contribution >= 4 is 17.6 Å². The number of hydrogen-bond donors (Lipinski definition) is 2. The predicted octanol–water partition coefficient (Wildman–Crippen LogP) is 2.59. The molecule has 2 unspecified atom stereocenters. The molecule has 142 valence electrons. The SMILES string of the molecule is Cc1ccc2c(c1)CNC(C(=O)O)C(n1cccn1)N2C(=O)c1ccccc1. The first-order valence-corrected chi connectivity index (χ1v) is 9.00. The molecule has 0 aliphatic carbocycles. The largest absolute Gasteiger partial charge is 0.480 e. The van der Waals surface area contributed by atoms with Crippen LogP contribution in [-0.2, 0) is 11.3 Å². The molecule has 7 heteroatoms. The van der Waals surface area contributed by atoms with E-state index >= 15 is 0 Å². The molecule has 2 atom stereocenters. The number of hydrogen-bond acceptors (Lipinski definition) is 4. The molecular weight excluding hydrogens is 356 g/mol. The average Bonchev–Trinajstić information content (AvgIpc) is 3.17. The van der Waals surface area contributed by atoms with Gasteiger partial charge in [-0.1, -0.05) is 35.9 Å². The van der Waals surface area contributed by atoms with Gasteiger partial charge in [-0.05, 0) is 36.8 Å². The van der Waals surface area contributed by atoms with Crippen LogP contribution in [0.3, 0.4) is 0 Å². The van der Waals surface area contributed by atoms with Crippen LogP contribution >= 0.6 is 0 Å². The Morgan fingerprint density at radius 2 is 1.93 bits per heavy atom. The molecule has 1 aliphatic rings. The molecule has 0 saturated carbocycles. The van der Waals surface area contributed by atoms with Crippen molar-refractivity contribution in [2.24, 2.45) is 0 Å². The van der Waals surface area contributed by atoms with Gasteiger partial charge in [-0.3, -0.25) is 19.8 Å². The fraction of sp³-hybridized carbons (Fsp3) is 0.190. The van der Waals surface area contributed by atoms with E-state index < -0.39 is 18.2 Å². The van der Waals surface area contributed by atoms with E-state index in [2.05, 4.69) is 10.4 Å². The lowest BCUT2D eigenvalue weighted by atomic mass is 10.1. The number of rotatable bonds is 3. The average molecular weight is 376 g/mol. The van der Waals surface area contributed by atoms with E-state index in [-0.39, 0.29) is 5.91 Å². The molecule has 28 heavy (non-hydrogen) atoms. The number of fused-ring (bicyclic) bond motifs is 1. The van der Waals surface area contributed by atoms with Crippen LogP contribution in [0.5, 0.6) is 0 Å². The number of carbonyl (C=O) groups excluding carboxylic acids is 1. The Kier molecular flexibility index (Phi) is 4.67. The van der Waals surface area contributed by atoms with Gasteiger partial charge in [0, 0.05) is 24.5 Å². The molecule has 1 aromatic heterocycles. The zero-order valence-corrected chi connectivity index (χ0v) is 15.3. The molecule has 2 aromatic carbocycles. The molecule has 2 N–H and O–H groups in total. The molecule has 0 fully saturated rings. The van der Waals surface area contributed by atoms with Gasteiger partial charge in [-0.25, -0.2) is 4.68 Å². The van der Waals surface area contributed by atoms with Crippen molar-refractivity contribution in [2.75, 3.05) is 4.90 Å². The Hall–Kier alpha value is -3.45. The lowest BCUT2D eigenvalue weighted by Crippen LogP contribution is -2.51. The summed E-state index contributed by atoms with van der Waals surface area (Å²) >= 11 is 0. The highest BCUT2D eigenvalue weighted by Gasteiger charge is 2.41. The van der Waals surface area contributed by atoms with E-state index in [1.165, 1.54) is 9.58 Å². The number of aryl methyl sites for hydroxylation is 1. The van der Waals surface area contributed by atoms with E-state index in [4.69, 9.17) is 0 Å². The Morgan fingerprint density at radius 1 is 1.14 bits per heavy atom. The fourth-order valence-corrected chi connectivity index (χ4v) is 3.58. The summed E-state index contributed by atoms with van der Waals surface area (Å²) in [6, 6.07) is 15.3. The number of nitrogens with one attached hydrogen (secondary N) is 1. The Labute approximate surface area is 162 Å². The fourth-order valence-electron chi connectivity index (χ4n) is 3.58. The quantitative estimate of drug-likeness (QED) is 0.734. The lowest BCUT2D eigenvalue weighted by molar-refractivity contribution is -0.140. The van der Waals surface area contributed by atoms with Crippen molar-refractivity contribution < 1.29 is 14.7 Å². The Balaban J connectivity index is 1.93. The van der Waals surface area contributed by atoms with E-state index in [0.717, 1.165) is 11.1 Å². The third-order valence-corrected chi connectivity index (χ3v) is 4.87. The molecule has 3 aromatic rings. The summed E-state index contributed by atoms with van der Waals surface area (Å²) in [6.07, 6.45) is 2.39. The minimum Gasteiger partial charge on any atom is -0.480 e. The summed E-state index contributed by atoms with van der Waals surface area (Å²) in [5, 5.41) is 17.2. The van der Waals surface area contributed by atoms with Crippen molar-refractivity contribution in [3.05, 3.63) is 83.7 Å². The van der Waals surface area contributed by atoms with Gasteiger partial charge in [0.25, 0.3) is 5.91 Å². The zero-order valence-electron chi connectivity index (χ0n) is 15.3. The van der Waals surface area contributed by atoms with Gasteiger partial charge < -0.3 is 5.11 Å². The zero-order chi connectivity index (χ0) is 19.7. The minimum atomic E-state index is -1.05. The van der Waals surface area contributed by atoms with Crippen LogP contribution < -0.4 is 10.2 Å². The van der Waals surface area contributed by atoms with Gasteiger partial charge in [-0.2, -0.15) is 5.10 Å². The van der Waals surface area contributed by atoms with Crippen LogP contribution in [0.4, 0.5) is 5.69 Å². The van der Waals surface area contributed by atoms with Crippen LogP contribution in [0.15, 0.2) is 67.0 Å². The summed E-state index contributed by atoms with van der Waals surface area (Å²) in [5.41, 5.74) is 3.07. The number of aromatic nitrogens is 2. The standard InChI is InChI=1S/C21H20N4O3/c1-14-8-9-17-16(12-14)13-22-18(21(27)28)19(24-11-5-10-23-24)25(17)20(26)15-6-3-2-4-7-15/h2-12,18-19,22H,13H2,1H3,(H,27,28). The summed E-state index contributed by atoms with van der Waals surface area (Å²) < 4.78 is 1.52. The summed E-state index contributed by atoms with van der Waals surface area (Å²) in [6.45, 7) is 2.30. The normalized spacial score (nSPS) is 19.0. The molecule has 2 heterocycles. The third kappa shape index (κ3) is 3.16. The maximum Gasteiger partial charge on any atom is 0.324 e. The van der Waals surface area contributed by atoms with Gasteiger partial charge >= 0.3 is 5.97 Å². The molecule has 0 radical (unpaired) electrons. The summed E-state index contributed by atoms with van der Waals surface area (Å²) in [5.74, 6) is -1.32. The highest BCUT2D eigenvalue weighted by atomic mass is 16.4. The van der Waals surface area contributed by atoms with Crippen molar-refractivity contribution in [1.82, 2.24) is 15.1 Å². The van der Waals surface area contributed by atoms with Crippen LogP contribution in [0, 0.1) is 6.92 Å². The third-order valence-electron chi connectivity index (χ3n) is 4.87. The van der Waals surface area contributed by atoms with Crippen LogP contribution in [-0.4, -0.2) is 32.8 Å². The van der Waals surface area contributed by atoms with Crippen LogP contribution in [0.1, 0.15) is 27.7 Å². The Morgan fingerprint density at radius 3 is 2.61 bits per heavy atom. The van der Waals surface area contributed by atoms with Crippen LogP contribution in [0.2, 0.25) is 0 Å². The number of nitrogens with zero attached hydrogens (tertiary/aromatic N) is 3. The van der Waals surface area contributed by atoms with E-state index in [0.29, 0.717) is 17.8 Å². The van der Waals surface area contributed by atoms with Gasteiger partial charge in [0.1, 0.15) is 6.04 Å². The molecule has 0 saturated heterocycles. The van der Waals surface area contributed by atoms with Crippen molar-refractivity contribution in [3.63, 3.8) is 0 Å². The van der Waals surface area contributed by atoms with E-state index in [1.807, 2.05) is 31.2 Å². The lowest BCUT2D eigenvalue weighted by Gasteiger charge is -2.34. The van der Waals surface area contributed by atoms with Crippen molar-refractivity contribution in [3.8, 4) is 0 Å². The first kappa shape index (κ1) is 17.9. The van der Waals surface area contributed by atoms with E-state index in [1.54, 1.807) is 42.7 Å². The number of amides is 1. The monoisotopic (exact) mass is 376 g/mol. The van der Waals surface area contributed by atoms with E-state index in [9.17, 15) is 14.7 Å². The highest BCUT2D eigenvalue weighted by molar-refractivity contribution is 6.07. The maximum absolute atomic E-state index is 13.5. The second kappa shape index (κ2) is 7.28. The second-order valence-electron chi connectivity index (χ2n) is 6.77. The number of carboxylic acid groups (broad SMARTS) is 1. The molecule has 0 spiro atoms. The first-order valence-electron chi connectivity index (χ1n) is 9.00. The predicted molar refractivity (Wildman–Crippen MR) is 104 cm³/mol. The number of carboxylic acids is 1. The second-order valence-corrected chi connectivity index (χ2v) is 6.77. The number of anilines is 1. The number of carbonyl (C=O) groups is 2. The van der Waals surface area contributed by atoms with Gasteiger partial charge in [0.05, 0.1) is 5.69 Å². The summed E-state index contributed by atoms with van der Waals surface area (Å²) in [4.78, 5) is 27.2. The van der Waals surface area contributed by atoms with Gasteiger partial charge in [0.15, 0.2) is 6.17 Å². The molecule has 1 amide bonds. The smallest absolute Gasteiger partial charge is 0.324 e. The van der Waals surface area contributed by atoms with Crippen LogP contribution in [0.25, 0.3) is 0 Å². The summed E-state index contributed by atoms with van der Waals surface area (Å²) in [7, 11) is 0. The van der Waals surface area contributed by atoms with Gasteiger partial charge in [-0.15, -0.1) is 0 Å².